The Morgan fingerprint density at radius 3 is 2.35 bits per heavy atom. The monoisotopic (exact) mass is 372 g/mol. The molecule has 0 bridgehead atoms. The summed E-state index contributed by atoms with van der Waals surface area (Å²) in [7, 11) is -3.27. The van der Waals surface area contributed by atoms with E-state index in [0.717, 1.165) is 5.56 Å². The minimum atomic E-state index is -3.27. The minimum absolute atomic E-state index is 0.0899. The van der Waals surface area contributed by atoms with Gasteiger partial charge in [0, 0.05) is 5.30 Å². The first-order valence-electron chi connectivity index (χ1n) is 8.23. The Balaban J connectivity index is 1.99. The van der Waals surface area contributed by atoms with E-state index in [2.05, 4.69) is 5.32 Å². The number of alkyl carbamates (subject to hydrolysis) is 1. The predicted octanol–water partition coefficient (Wildman–Crippen LogP) is 3.45. The summed E-state index contributed by atoms with van der Waals surface area (Å²) < 4.78 is 23.8. The molecular formula is C19H21N2O4P. The van der Waals surface area contributed by atoms with Crippen LogP contribution in [0.15, 0.2) is 60.7 Å². The number of rotatable bonds is 8. The van der Waals surface area contributed by atoms with Crippen LogP contribution in [0.1, 0.15) is 12.5 Å². The fourth-order valence-electron chi connectivity index (χ4n) is 2.36. The average Bonchev–Trinajstić information content (AvgIpc) is 2.67. The van der Waals surface area contributed by atoms with Crippen LogP contribution in [-0.2, 0) is 20.4 Å². The number of hydrogen-bond donors (Lipinski definition) is 1. The van der Waals surface area contributed by atoms with Gasteiger partial charge in [0.2, 0.25) is 7.37 Å². The van der Waals surface area contributed by atoms with Crippen molar-refractivity contribution in [3.63, 3.8) is 0 Å². The maximum atomic E-state index is 13.2. The molecule has 0 saturated carbocycles. The molecule has 0 radical (unpaired) electrons. The van der Waals surface area contributed by atoms with Gasteiger partial charge in [0.25, 0.3) is 0 Å². The van der Waals surface area contributed by atoms with Gasteiger partial charge >= 0.3 is 6.09 Å². The summed E-state index contributed by atoms with van der Waals surface area (Å²) >= 11 is 0. The van der Waals surface area contributed by atoms with Crippen LogP contribution in [0.5, 0.6) is 0 Å². The third kappa shape index (κ3) is 5.73. The van der Waals surface area contributed by atoms with Crippen molar-refractivity contribution < 1.29 is 18.6 Å². The standard InChI is InChI=1S/C19H21N2O4P/c1-2-25-26(23,18-11-7-4-8-12-18)15-17(13-20)21-19(22)24-14-16-9-5-3-6-10-16/h3-12,17H,2,14-15H2,1H3,(H,21,22). The summed E-state index contributed by atoms with van der Waals surface area (Å²) in [5.41, 5.74) is 0.834. The van der Waals surface area contributed by atoms with Gasteiger partial charge in [-0.1, -0.05) is 48.5 Å². The van der Waals surface area contributed by atoms with Gasteiger partial charge in [0.1, 0.15) is 12.6 Å². The molecule has 2 aromatic rings. The van der Waals surface area contributed by atoms with Crippen LogP contribution >= 0.6 is 7.37 Å². The average molecular weight is 372 g/mol. The van der Waals surface area contributed by atoms with Crippen LogP contribution in [0, 0.1) is 11.3 Å². The smallest absolute Gasteiger partial charge is 0.408 e. The van der Waals surface area contributed by atoms with E-state index >= 15 is 0 Å². The summed E-state index contributed by atoms with van der Waals surface area (Å²) in [6.45, 7) is 2.06. The van der Waals surface area contributed by atoms with Crippen LogP contribution in [0.2, 0.25) is 0 Å². The molecule has 2 atom stereocenters. The van der Waals surface area contributed by atoms with Crippen molar-refractivity contribution in [2.45, 2.75) is 19.6 Å². The van der Waals surface area contributed by atoms with Gasteiger partial charge in [0.05, 0.1) is 18.8 Å². The first-order chi connectivity index (χ1) is 12.6. The Morgan fingerprint density at radius 1 is 1.15 bits per heavy atom. The van der Waals surface area contributed by atoms with E-state index in [-0.39, 0.29) is 19.4 Å². The third-order valence-corrected chi connectivity index (χ3v) is 6.18. The van der Waals surface area contributed by atoms with Crippen LogP contribution in [0.3, 0.4) is 0 Å². The molecule has 0 saturated heterocycles. The second-order valence-corrected chi connectivity index (χ2v) is 7.98. The zero-order valence-corrected chi connectivity index (χ0v) is 15.4. The number of carbonyl (C=O) groups excluding carboxylic acids is 1. The second kappa shape index (κ2) is 9.76. The molecular weight excluding hydrogens is 351 g/mol. The number of benzene rings is 2. The zero-order chi connectivity index (χ0) is 18.8. The zero-order valence-electron chi connectivity index (χ0n) is 14.5. The van der Waals surface area contributed by atoms with Gasteiger partial charge in [-0.2, -0.15) is 5.26 Å². The largest absolute Gasteiger partial charge is 0.445 e. The van der Waals surface area contributed by atoms with E-state index in [9.17, 15) is 14.6 Å². The highest BCUT2D eigenvalue weighted by Gasteiger charge is 2.30. The molecule has 2 aromatic carbocycles. The summed E-state index contributed by atoms with van der Waals surface area (Å²) in [5, 5.41) is 12.3. The highest BCUT2D eigenvalue weighted by atomic mass is 31.2. The Bertz CT molecular complexity index is 790. The van der Waals surface area contributed by atoms with E-state index in [1.165, 1.54) is 0 Å². The summed E-state index contributed by atoms with van der Waals surface area (Å²) in [4.78, 5) is 12.0. The van der Waals surface area contributed by atoms with E-state index in [0.29, 0.717) is 5.30 Å². The van der Waals surface area contributed by atoms with Crippen molar-refractivity contribution in [3.05, 3.63) is 66.2 Å². The maximum absolute atomic E-state index is 13.2. The topological polar surface area (TPSA) is 88.4 Å². The fraction of sp³-hybridized carbons (Fsp3) is 0.263. The molecule has 136 valence electrons. The Hall–Kier alpha value is -2.61. The number of hydrogen-bond acceptors (Lipinski definition) is 5. The van der Waals surface area contributed by atoms with Gasteiger partial charge in [-0.25, -0.2) is 4.79 Å². The molecule has 0 aliphatic carbocycles. The number of ether oxygens (including phenoxy) is 1. The van der Waals surface area contributed by atoms with Crippen LogP contribution in [-0.4, -0.2) is 24.9 Å². The Morgan fingerprint density at radius 2 is 1.77 bits per heavy atom. The highest BCUT2D eigenvalue weighted by Crippen LogP contribution is 2.46. The number of nitrogens with zero attached hydrogens (tertiary/aromatic N) is 1. The van der Waals surface area contributed by atoms with Crippen molar-refractivity contribution in [2.75, 3.05) is 12.8 Å². The van der Waals surface area contributed by atoms with Gasteiger partial charge in [-0.05, 0) is 24.6 Å². The lowest BCUT2D eigenvalue weighted by Gasteiger charge is -2.21. The lowest BCUT2D eigenvalue weighted by Crippen LogP contribution is -2.37. The Kier molecular flexibility index (Phi) is 7.40. The van der Waals surface area contributed by atoms with E-state index in [1.807, 2.05) is 36.4 Å². The van der Waals surface area contributed by atoms with Crippen LogP contribution in [0.4, 0.5) is 4.79 Å². The third-order valence-electron chi connectivity index (χ3n) is 3.57. The van der Waals surface area contributed by atoms with Crippen molar-refractivity contribution >= 4 is 18.8 Å². The van der Waals surface area contributed by atoms with Crippen molar-refractivity contribution in [1.82, 2.24) is 5.32 Å². The van der Waals surface area contributed by atoms with Crippen LogP contribution in [0.25, 0.3) is 0 Å². The number of amides is 1. The van der Waals surface area contributed by atoms with Gasteiger partial charge in [0.15, 0.2) is 0 Å². The summed E-state index contributed by atoms with van der Waals surface area (Å²) in [5.74, 6) is 0. The molecule has 2 rings (SSSR count). The number of nitrogens with one attached hydrogen (secondary N) is 1. The predicted molar refractivity (Wildman–Crippen MR) is 99.3 cm³/mol. The van der Waals surface area contributed by atoms with E-state index in [1.54, 1.807) is 37.3 Å². The quantitative estimate of drug-likeness (QED) is 0.717. The lowest BCUT2D eigenvalue weighted by atomic mass is 10.2. The van der Waals surface area contributed by atoms with Gasteiger partial charge in [-0.3, -0.25) is 4.57 Å². The highest BCUT2D eigenvalue weighted by molar-refractivity contribution is 7.67. The molecule has 26 heavy (non-hydrogen) atoms. The molecule has 0 heterocycles. The molecule has 1 amide bonds. The number of carbonyl (C=O) groups is 1. The first-order valence-corrected chi connectivity index (χ1v) is 10.0. The van der Waals surface area contributed by atoms with E-state index in [4.69, 9.17) is 9.26 Å². The normalized spacial score (nSPS) is 13.8. The second-order valence-electron chi connectivity index (χ2n) is 5.50. The summed E-state index contributed by atoms with van der Waals surface area (Å²) in [6, 6.07) is 18.9. The summed E-state index contributed by atoms with van der Waals surface area (Å²) in [6.07, 6.45) is -0.863. The first kappa shape index (κ1) is 19.7. The molecule has 0 aromatic heterocycles. The minimum Gasteiger partial charge on any atom is -0.445 e. The van der Waals surface area contributed by atoms with E-state index < -0.39 is 19.5 Å². The fourth-order valence-corrected chi connectivity index (χ4v) is 4.52. The SMILES string of the molecule is CCOP(=O)(CC(C#N)NC(=O)OCc1ccccc1)c1ccccc1. The van der Waals surface area contributed by atoms with Crippen LogP contribution < -0.4 is 10.6 Å². The van der Waals surface area contributed by atoms with Gasteiger partial charge < -0.3 is 14.6 Å². The molecule has 1 N–H and O–H groups in total. The molecule has 0 aliphatic heterocycles. The molecule has 2 unspecified atom stereocenters. The molecule has 0 aliphatic rings. The molecule has 6 nitrogen and oxygen atoms in total. The number of nitriles is 1. The van der Waals surface area contributed by atoms with Gasteiger partial charge in [-0.15, -0.1) is 0 Å². The molecule has 0 fully saturated rings. The van der Waals surface area contributed by atoms with Crippen molar-refractivity contribution in [2.24, 2.45) is 0 Å². The van der Waals surface area contributed by atoms with Crippen molar-refractivity contribution in [1.29, 1.82) is 5.26 Å². The molecule has 0 spiro atoms. The van der Waals surface area contributed by atoms with Crippen molar-refractivity contribution in [3.8, 4) is 6.07 Å². The maximum Gasteiger partial charge on any atom is 0.408 e. The molecule has 7 heteroatoms. The Labute approximate surface area is 153 Å². The lowest BCUT2D eigenvalue weighted by molar-refractivity contribution is 0.138.